The van der Waals surface area contributed by atoms with Gasteiger partial charge >= 0.3 is 0 Å². The molecule has 0 fully saturated rings. The van der Waals surface area contributed by atoms with E-state index in [-0.39, 0.29) is 36.6 Å². The van der Waals surface area contributed by atoms with Crippen molar-refractivity contribution in [2.45, 2.75) is 13.5 Å². The largest absolute Gasteiger partial charge is 0.344 e. The van der Waals surface area contributed by atoms with E-state index in [0.717, 1.165) is 0 Å². The molecule has 17 heavy (non-hydrogen) atoms. The van der Waals surface area contributed by atoms with E-state index in [9.17, 15) is 4.79 Å². The van der Waals surface area contributed by atoms with Crippen molar-refractivity contribution in [1.29, 1.82) is 0 Å². The van der Waals surface area contributed by atoms with E-state index in [2.05, 4.69) is 5.10 Å². The maximum Gasteiger partial charge on any atom is 0.226 e. The van der Waals surface area contributed by atoms with Crippen molar-refractivity contribution < 1.29 is 4.79 Å². The topological polar surface area (TPSA) is 64.2 Å². The molecule has 0 spiro atoms. The molecule has 1 aromatic heterocycles. The van der Waals surface area contributed by atoms with Gasteiger partial charge in [-0.25, -0.2) is 0 Å². The minimum atomic E-state index is -0.104. The number of rotatable bonds is 5. The SMILES string of the molecule is CC(CN)C(=O)N(C)CCn1cccn1.Cl.Cl. The molecule has 0 saturated carbocycles. The minimum absolute atomic E-state index is 0. The zero-order chi connectivity index (χ0) is 11.3. The van der Waals surface area contributed by atoms with Gasteiger partial charge in [0, 0.05) is 38.4 Å². The molecule has 0 radical (unpaired) electrons. The number of amides is 1. The molecule has 1 rings (SSSR count). The highest BCUT2D eigenvalue weighted by molar-refractivity contribution is 5.85. The van der Waals surface area contributed by atoms with Gasteiger partial charge in [-0.1, -0.05) is 6.92 Å². The van der Waals surface area contributed by atoms with Crippen LogP contribution in [0.15, 0.2) is 18.5 Å². The summed E-state index contributed by atoms with van der Waals surface area (Å²) in [7, 11) is 1.79. The number of hydrogen-bond donors (Lipinski definition) is 1. The molecule has 7 heteroatoms. The quantitative estimate of drug-likeness (QED) is 0.868. The van der Waals surface area contributed by atoms with E-state index in [1.54, 1.807) is 22.8 Å². The molecule has 1 aromatic rings. The number of carbonyl (C=O) groups is 1. The van der Waals surface area contributed by atoms with Crippen molar-refractivity contribution in [1.82, 2.24) is 14.7 Å². The molecule has 0 aliphatic rings. The molecule has 1 amide bonds. The second kappa shape index (κ2) is 9.27. The van der Waals surface area contributed by atoms with Crippen LogP contribution in [0.3, 0.4) is 0 Å². The summed E-state index contributed by atoms with van der Waals surface area (Å²) in [5.41, 5.74) is 5.44. The van der Waals surface area contributed by atoms with E-state index in [1.165, 1.54) is 0 Å². The fourth-order valence-electron chi connectivity index (χ4n) is 1.27. The first-order chi connectivity index (χ1) is 7.15. The van der Waals surface area contributed by atoms with Crippen LogP contribution in [0.1, 0.15) is 6.92 Å². The van der Waals surface area contributed by atoms with Gasteiger partial charge in [-0.2, -0.15) is 5.10 Å². The van der Waals surface area contributed by atoms with Crippen LogP contribution < -0.4 is 5.73 Å². The highest BCUT2D eigenvalue weighted by atomic mass is 35.5. The van der Waals surface area contributed by atoms with E-state index in [4.69, 9.17) is 5.73 Å². The number of halogens is 2. The summed E-state index contributed by atoms with van der Waals surface area (Å²) in [6.45, 7) is 3.61. The second-order valence-electron chi connectivity index (χ2n) is 3.67. The molecule has 0 aliphatic carbocycles. The molecule has 0 aromatic carbocycles. The van der Waals surface area contributed by atoms with E-state index < -0.39 is 0 Å². The van der Waals surface area contributed by atoms with Gasteiger partial charge in [0.15, 0.2) is 0 Å². The normalized spacial score (nSPS) is 11.0. The minimum Gasteiger partial charge on any atom is -0.344 e. The van der Waals surface area contributed by atoms with Crippen LogP contribution in [0.4, 0.5) is 0 Å². The maximum atomic E-state index is 11.6. The van der Waals surface area contributed by atoms with E-state index in [0.29, 0.717) is 19.6 Å². The molecule has 0 aliphatic heterocycles. The monoisotopic (exact) mass is 282 g/mol. The molecule has 100 valence electrons. The van der Waals surface area contributed by atoms with Gasteiger partial charge in [-0.3, -0.25) is 9.48 Å². The first-order valence-electron chi connectivity index (χ1n) is 5.07. The number of carbonyl (C=O) groups excluding carboxylic acids is 1. The highest BCUT2D eigenvalue weighted by Crippen LogP contribution is 1.98. The summed E-state index contributed by atoms with van der Waals surface area (Å²) in [6.07, 6.45) is 3.61. The summed E-state index contributed by atoms with van der Waals surface area (Å²) in [4.78, 5) is 13.3. The molecule has 0 bridgehead atoms. The number of nitrogens with two attached hydrogens (primary N) is 1. The van der Waals surface area contributed by atoms with Crippen molar-refractivity contribution in [3.05, 3.63) is 18.5 Å². The fraction of sp³-hybridized carbons (Fsp3) is 0.600. The molecule has 5 nitrogen and oxygen atoms in total. The molecule has 1 unspecified atom stereocenters. The molecule has 1 heterocycles. The lowest BCUT2D eigenvalue weighted by atomic mass is 10.1. The molecule has 1 atom stereocenters. The van der Waals surface area contributed by atoms with Gasteiger partial charge in [0.05, 0.1) is 6.54 Å². The van der Waals surface area contributed by atoms with Crippen LogP contribution >= 0.6 is 24.8 Å². The van der Waals surface area contributed by atoms with Gasteiger partial charge < -0.3 is 10.6 Å². The predicted molar refractivity (Wildman–Crippen MR) is 72.6 cm³/mol. The average Bonchev–Trinajstić information content (AvgIpc) is 2.76. The Morgan fingerprint density at radius 2 is 2.18 bits per heavy atom. The average molecular weight is 283 g/mol. The van der Waals surface area contributed by atoms with E-state index >= 15 is 0 Å². The number of hydrogen-bond acceptors (Lipinski definition) is 3. The number of likely N-dealkylation sites (N-methyl/N-ethyl adjacent to an activating group) is 1. The summed E-state index contributed by atoms with van der Waals surface area (Å²) < 4.78 is 1.80. The Morgan fingerprint density at radius 3 is 2.65 bits per heavy atom. The molecular weight excluding hydrogens is 263 g/mol. The molecule has 0 saturated heterocycles. The third-order valence-corrected chi connectivity index (χ3v) is 2.38. The fourth-order valence-corrected chi connectivity index (χ4v) is 1.27. The first kappa shape index (κ1) is 18.6. The van der Waals surface area contributed by atoms with Gasteiger partial charge in [-0.05, 0) is 6.07 Å². The Kier molecular flexibility index (Phi) is 10.1. The Hall–Kier alpha value is -0.780. The highest BCUT2D eigenvalue weighted by Gasteiger charge is 2.15. The van der Waals surface area contributed by atoms with Crippen LogP contribution in [0.25, 0.3) is 0 Å². The zero-order valence-corrected chi connectivity index (χ0v) is 11.7. The van der Waals surface area contributed by atoms with E-state index in [1.807, 2.05) is 19.2 Å². The third-order valence-electron chi connectivity index (χ3n) is 2.38. The van der Waals surface area contributed by atoms with Gasteiger partial charge in [0.25, 0.3) is 0 Å². The zero-order valence-electron chi connectivity index (χ0n) is 10.1. The predicted octanol–water partition coefficient (Wildman–Crippen LogP) is 0.780. The lowest BCUT2D eigenvalue weighted by Crippen LogP contribution is -2.36. The van der Waals surface area contributed by atoms with Crippen molar-refractivity contribution in [3.63, 3.8) is 0 Å². The standard InChI is InChI=1S/C10H18N4O.2ClH/c1-9(8-11)10(15)13(2)6-7-14-5-3-4-12-14;;/h3-5,9H,6-8,11H2,1-2H3;2*1H. The van der Waals surface area contributed by atoms with Crippen LogP contribution in [0, 0.1) is 5.92 Å². The Bertz CT molecular complexity index is 305. The Morgan fingerprint density at radius 1 is 1.53 bits per heavy atom. The summed E-state index contributed by atoms with van der Waals surface area (Å²) in [6, 6.07) is 1.87. The van der Waals surface area contributed by atoms with Gasteiger partial charge in [0.1, 0.15) is 0 Å². The lowest BCUT2D eigenvalue weighted by molar-refractivity contribution is -0.133. The smallest absolute Gasteiger partial charge is 0.226 e. The van der Waals surface area contributed by atoms with Crippen LogP contribution in [-0.4, -0.2) is 40.7 Å². The first-order valence-corrected chi connectivity index (χ1v) is 5.07. The second-order valence-corrected chi connectivity index (χ2v) is 3.67. The number of aromatic nitrogens is 2. The molecular formula is C10H20Cl2N4O. The maximum absolute atomic E-state index is 11.6. The van der Waals surface area contributed by atoms with Gasteiger partial charge in [0.2, 0.25) is 5.91 Å². The van der Waals surface area contributed by atoms with Crippen molar-refractivity contribution in [2.24, 2.45) is 11.7 Å². The summed E-state index contributed by atoms with van der Waals surface area (Å²) >= 11 is 0. The van der Waals surface area contributed by atoms with Crippen molar-refractivity contribution in [3.8, 4) is 0 Å². The van der Waals surface area contributed by atoms with Crippen molar-refractivity contribution >= 4 is 30.7 Å². The Balaban J connectivity index is 0. The van der Waals surface area contributed by atoms with Crippen LogP contribution in [-0.2, 0) is 11.3 Å². The lowest BCUT2D eigenvalue weighted by Gasteiger charge is -2.20. The van der Waals surface area contributed by atoms with Crippen LogP contribution in [0.5, 0.6) is 0 Å². The summed E-state index contributed by atoms with van der Waals surface area (Å²) in [5, 5.41) is 4.07. The molecule has 2 N–H and O–H groups in total. The Labute approximate surface area is 114 Å². The van der Waals surface area contributed by atoms with Crippen molar-refractivity contribution in [2.75, 3.05) is 20.1 Å². The van der Waals surface area contributed by atoms with Gasteiger partial charge in [-0.15, -0.1) is 24.8 Å². The third kappa shape index (κ3) is 5.91. The summed E-state index contributed by atoms with van der Waals surface area (Å²) in [5.74, 6) is -0.0164. The number of nitrogens with zero attached hydrogens (tertiary/aromatic N) is 3. The van der Waals surface area contributed by atoms with Crippen LogP contribution in [0.2, 0.25) is 0 Å².